The van der Waals surface area contributed by atoms with Crippen LogP contribution in [0.15, 0.2) is 30.3 Å². The topological polar surface area (TPSA) is 90.9 Å². The van der Waals surface area contributed by atoms with Crippen LogP contribution in [-0.4, -0.2) is 26.0 Å². The predicted octanol–water partition coefficient (Wildman–Crippen LogP) is 3.66. The maximum absolute atomic E-state index is 13.0. The van der Waals surface area contributed by atoms with E-state index in [0.29, 0.717) is 22.3 Å². The normalized spacial score (nSPS) is 11.7. The van der Waals surface area contributed by atoms with E-state index in [4.69, 9.17) is 5.11 Å². The van der Waals surface area contributed by atoms with E-state index < -0.39 is 18.0 Å². The maximum Gasteiger partial charge on any atom is 0.451 e. The molecule has 0 aliphatic carbocycles. The number of fused-ring (bicyclic) bond motifs is 1. The highest BCUT2D eigenvalue weighted by atomic mass is 19.4. The maximum atomic E-state index is 13.0. The molecule has 0 atom stereocenters. The fourth-order valence-corrected chi connectivity index (χ4v) is 2.38. The highest BCUT2D eigenvalue weighted by Crippen LogP contribution is 2.31. The van der Waals surface area contributed by atoms with Crippen molar-refractivity contribution in [3.63, 3.8) is 0 Å². The van der Waals surface area contributed by atoms with Crippen molar-refractivity contribution >= 4 is 28.5 Å². The van der Waals surface area contributed by atoms with Crippen molar-refractivity contribution in [2.45, 2.75) is 19.5 Å². The largest absolute Gasteiger partial charge is 0.481 e. The molecule has 130 valence electrons. The summed E-state index contributed by atoms with van der Waals surface area (Å²) < 4.78 is 39.0. The average Bonchev–Trinajstić information content (AvgIpc) is 2.88. The second kappa shape index (κ2) is 6.08. The molecule has 9 heteroatoms. The number of hydrogen-bond acceptors (Lipinski definition) is 4. The minimum absolute atomic E-state index is 0.0210. The van der Waals surface area contributed by atoms with Crippen LogP contribution in [0.5, 0.6) is 0 Å². The van der Waals surface area contributed by atoms with Crippen LogP contribution in [0, 0.1) is 6.92 Å². The molecule has 0 aliphatic rings. The first-order valence-electron chi connectivity index (χ1n) is 7.24. The van der Waals surface area contributed by atoms with Crippen molar-refractivity contribution < 1.29 is 23.1 Å². The highest BCUT2D eigenvalue weighted by Gasteiger charge is 2.35. The van der Waals surface area contributed by atoms with E-state index in [1.807, 2.05) is 0 Å². The Morgan fingerprint density at radius 3 is 2.52 bits per heavy atom. The zero-order valence-electron chi connectivity index (χ0n) is 13.0. The number of nitrogens with one attached hydrogen (secondary N) is 2. The van der Waals surface area contributed by atoms with E-state index in [9.17, 15) is 18.0 Å². The lowest BCUT2D eigenvalue weighted by Crippen LogP contribution is -2.12. The summed E-state index contributed by atoms with van der Waals surface area (Å²) in [6.45, 7) is 1.71. The third-order valence-corrected chi connectivity index (χ3v) is 3.45. The van der Waals surface area contributed by atoms with Gasteiger partial charge in [-0.2, -0.15) is 13.2 Å². The highest BCUT2D eigenvalue weighted by molar-refractivity contribution is 5.89. The number of aryl methyl sites for hydroxylation is 1. The van der Waals surface area contributed by atoms with Crippen molar-refractivity contribution in [3.05, 3.63) is 47.4 Å². The van der Waals surface area contributed by atoms with Crippen LogP contribution in [0.25, 0.3) is 11.0 Å². The molecule has 0 unspecified atom stereocenters. The minimum Gasteiger partial charge on any atom is -0.481 e. The van der Waals surface area contributed by atoms with Crippen LogP contribution in [0.3, 0.4) is 0 Å². The molecular formula is C16H13F3N4O2. The number of aromatic nitrogens is 3. The number of rotatable bonds is 4. The Labute approximate surface area is 139 Å². The first kappa shape index (κ1) is 16.7. The molecule has 0 saturated heterocycles. The lowest BCUT2D eigenvalue weighted by atomic mass is 10.1. The van der Waals surface area contributed by atoms with E-state index >= 15 is 0 Å². The third-order valence-electron chi connectivity index (χ3n) is 3.45. The van der Waals surface area contributed by atoms with Crippen LogP contribution < -0.4 is 5.32 Å². The molecule has 0 aliphatic heterocycles. The third kappa shape index (κ3) is 3.70. The van der Waals surface area contributed by atoms with Crippen LogP contribution in [0.1, 0.15) is 17.1 Å². The Balaban J connectivity index is 1.98. The van der Waals surface area contributed by atoms with Crippen molar-refractivity contribution in [1.82, 2.24) is 15.0 Å². The summed E-state index contributed by atoms with van der Waals surface area (Å²) in [6, 6.07) is 7.98. The van der Waals surface area contributed by atoms with Crippen LogP contribution in [-0.2, 0) is 17.4 Å². The van der Waals surface area contributed by atoms with Gasteiger partial charge in [-0.1, -0.05) is 12.1 Å². The Bertz CT molecular complexity index is 933. The molecule has 3 aromatic rings. The SMILES string of the molecule is Cc1cc2c(Nc3ccc(CC(=O)O)cc3)nc(C(F)(F)F)nc2[nH]1. The molecular weight excluding hydrogens is 337 g/mol. The number of hydrogen-bond donors (Lipinski definition) is 3. The summed E-state index contributed by atoms with van der Waals surface area (Å²) in [5.41, 5.74) is 1.81. The molecule has 0 fully saturated rings. The summed E-state index contributed by atoms with van der Waals surface area (Å²) in [5.74, 6) is -2.18. The Hall–Kier alpha value is -3.10. The zero-order valence-corrected chi connectivity index (χ0v) is 13.0. The molecule has 25 heavy (non-hydrogen) atoms. The number of nitrogens with zero attached hydrogens (tertiary/aromatic N) is 2. The first-order chi connectivity index (χ1) is 11.7. The summed E-state index contributed by atoms with van der Waals surface area (Å²) in [6.07, 6.45) is -4.80. The number of aliphatic carboxylic acids is 1. The summed E-state index contributed by atoms with van der Waals surface area (Å²) in [4.78, 5) is 20.6. The van der Waals surface area contributed by atoms with E-state index in [-0.39, 0.29) is 17.9 Å². The van der Waals surface area contributed by atoms with E-state index in [1.165, 1.54) is 0 Å². The number of benzene rings is 1. The van der Waals surface area contributed by atoms with Gasteiger partial charge in [0.1, 0.15) is 11.5 Å². The molecule has 2 aromatic heterocycles. The van der Waals surface area contributed by atoms with Gasteiger partial charge in [-0.15, -0.1) is 0 Å². The van der Waals surface area contributed by atoms with Crippen molar-refractivity contribution in [3.8, 4) is 0 Å². The molecule has 0 bridgehead atoms. The molecule has 1 aromatic carbocycles. The van der Waals surface area contributed by atoms with Crippen molar-refractivity contribution in [2.24, 2.45) is 0 Å². The summed E-state index contributed by atoms with van der Waals surface area (Å²) in [7, 11) is 0. The Kier molecular flexibility index (Phi) is 4.07. The van der Waals surface area contributed by atoms with Gasteiger partial charge in [0.15, 0.2) is 0 Å². The van der Waals surface area contributed by atoms with Gasteiger partial charge in [-0.25, -0.2) is 9.97 Å². The van der Waals surface area contributed by atoms with Crippen LogP contribution in [0.2, 0.25) is 0 Å². The molecule has 3 rings (SSSR count). The second-order valence-electron chi connectivity index (χ2n) is 5.50. The van der Waals surface area contributed by atoms with Gasteiger partial charge in [-0.3, -0.25) is 4.79 Å². The van der Waals surface area contributed by atoms with Gasteiger partial charge in [0.25, 0.3) is 0 Å². The second-order valence-corrected chi connectivity index (χ2v) is 5.50. The van der Waals surface area contributed by atoms with Gasteiger partial charge in [0.2, 0.25) is 5.82 Å². The zero-order chi connectivity index (χ0) is 18.2. The summed E-state index contributed by atoms with van der Waals surface area (Å²) in [5, 5.41) is 12.0. The number of alkyl halides is 3. The number of carbonyl (C=O) groups is 1. The standard InChI is InChI=1S/C16H13F3N4O2/c1-8-6-11-13(20-8)22-15(16(17,18)19)23-14(11)21-10-4-2-9(3-5-10)7-12(24)25/h2-6H,7H2,1H3,(H,24,25)(H2,20,21,22,23). The van der Waals surface area contributed by atoms with Crippen LogP contribution in [0.4, 0.5) is 24.7 Å². The first-order valence-corrected chi connectivity index (χ1v) is 7.24. The van der Waals surface area contributed by atoms with Gasteiger partial charge in [-0.05, 0) is 30.7 Å². The molecule has 3 N–H and O–H groups in total. The van der Waals surface area contributed by atoms with Gasteiger partial charge in [0, 0.05) is 11.4 Å². The van der Waals surface area contributed by atoms with E-state index in [2.05, 4.69) is 20.3 Å². The van der Waals surface area contributed by atoms with Crippen LogP contribution >= 0.6 is 0 Å². The number of H-pyrrole nitrogens is 1. The molecule has 2 heterocycles. The lowest BCUT2D eigenvalue weighted by Gasteiger charge is -2.11. The average molecular weight is 350 g/mol. The predicted molar refractivity (Wildman–Crippen MR) is 84.7 cm³/mol. The Morgan fingerprint density at radius 1 is 1.24 bits per heavy atom. The number of carboxylic acid groups (broad SMARTS) is 1. The van der Waals surface area contributed by atoms with Gasteiger partial charge < -0.3 is 15.4 Å². The van der Waals surface area contributed by atoms with E-state index in [1.54, 1.807) is 37.3 Å². The number of halogens is 3. The molecule has 0 saturated carbocycles. The minimum atomic E-state index is -4.67. The summed E-state index contributed by atoms with van der Waals surface area (Å²) >= 11 is 0. The quantitative estimate of drug-likeness (QED) is 0.668. The van der Waals surface area contributed by atoms with Gasteiger partial charge >= 0.3 is 12.1 Å². The van der Waals surface area contributed by atoms with E-state index in [0.717, 1.165) is 0 Å². The van der Waals surface area contributed by atoms with Crippen molar-refractivity contribution in [1.29, 1.82) is 0 Å². The molecule has 0 spiro atoms. The fraction of sp³-hybridized carbons (Fsp3) is 0.188. The number of carboxylic acids is 1. The van der Waals surface area contributed by atoms with Crippen molar-refractivity contribution in [2.75, 3.05) is 5.32 Å². The number of anilines is 2. The Morgan fingerprint density at radius 2 is 1.92 bits per heavy atom. The molecule has 0 amide bonds. The fourth-order valence-electron chi connectivity index (χ4n) is 2.38. The lowest BCUT2D eigenvalue weighted by molar-refractivity contribution is -0.144. The molecule has 6 nitrogen and oxygen atoms in total. The molecule has 0 radical (unpaired) electrons. The number of aromatic amines is 1. The smallest absolute Gasteiger partial charge is 0.451 e. The monoisotopic (exact) mass is 350 g/mol. The van der Waals surface area contributed by atoms with Gasteiger partial charge in [0.05, 0.1) is 11.8 Å².